The van der Waals surface area contributed by atoms with Gasteiger partial charge in [0.25, 0.3) is 0 Å². The molecule has 0 atom stereocenters. The van der Waals surface area contributed by atoms with Crippen molar-refractivity contribution in [1.82, 2.24) is 9.97 Å². The lowest BCUT2D eigenvalue weighted by Crippen LogP contribution is -1.73. The second-order valence-electron chi connectivity index (χ2n) is 4.72. The number of thiophene rings is 1. The lowest BCUT2D eigenvalue weighted by Gasteiger charge is -1.87. The van der Waals surface area contributed by atoms with Gasteiger partial charge >= 0.3 is 0 Å². The number of aromatic amines is 1. The fourth-order valence-corrected chi connectivity index (χ4v) is 3.35. The van der Waals surface area contributed by atoms with E-state index in [1.165, 1.54) is 23.5 Å². The Bertz CT molecular complexity index is 1020. The van der Waals surface area contributed by atoms with Crippen LogP contribution >= 0.6 is 11.3 Å². The fourth-order valence-electron chi connectivity index (χ4n) is 2.32. The summed E-state index contributed by atoms with van der Waals surface area (Å²) < 4.78 is 14.1. The molecular formula is C16H8FN3S. The van der Waals surface area contributed by atoms with Gasteiger partial charge in [0.2, 0.25) is 0 Å². The van der Waals surface area contributed by atoms with Crippen molar-refractivity contribution in [3.8, 4) is 16.8 Å². The predicted octanol–water partition coefficient (Wildman–Crippen LogP) is 4.46. The first-order valence-corrected chi connectivity index (χ1v) is 7.14. The lowest BCUT2D eigenvalue weighted by molar-refractivity contribution is 0.630. The summed E-state index contributed by atoms with van der Waals surface area (Å²) in [5.41, 5.74) is 2.23. The van der Waals surface area contributed by atoms with E-state index in [2.05, 4.69) is 16.0 Å². The van der Waals surface area contributed by atoms with E-state index in [0.717, 1.165) is 31.8 Å². The molecule has 0 amide bonds. The number of benzene rings is 2. The highest BCUT2D eigenvalue weighted by molar-refractivity contribution is 7.22. The Balaban J connectivity index is 1.89. The normalized spacial score (nSPS) is 11.0. The molecule has 0 spiro atoms. The molecule has 3 nitrogen and oxygen atoms in total. The molecule has 0 bridgehead atoms. The van der Waals surface area contributed by atoms with Crippen LogP contribution in [0.1, 0.15) is 5.56 Å². The van der Waals surface area contributed by atoms with Crippen molar-refractivity contribution in [3.63, 3.8) is 0 Å². The van der Waals surface area contributed by atoms with Crippen molar-refractivity contribution in [2.75, 3.05) is 0 Å². The van der Waals surface area contributed by atoms with Crippen molar-refractivity contribution < 1.29 is 4.39 Å². The van der Waals surface area contributed by atoms with E-state index in [4.69, 9.17) is 5.26 Å². The molecule has 4 rings (SSSR count). The molecule has 100 valence electrons. The number of hydrogen-bond donors (Lipinski definition) is 1. The molecule has 0 saturated carbocycles. The fraction of sp³-hybridized carbons (Fsp3) is 0. The molecule has 0 aliphatic carbocycles. The van der Waals surface area contributed by atoms with Crippen LogP contribution in [0.25, 0.3) is 31.8 Å². The van der Waals surface area contributed by atoms with Gasteiger partial charge in [0.1, 0.15) is 11.6 Å². The second-order valence-corrected chi connectivity index (χ2v) is 5.81. The monoisotopic (exact) mass is 293 g/mol. The van der Waals surface area contributed by atoms with E-state index >= 15 is 0 Å². The third-order valence-corrected chi connectivity index (χ3v) is 4.43. The number of nitrogens with one attached hydrogen (secondary N) is 1. The zero-order valence-corrected chi connectivity index (χ0v) is 11.5. The lowest BCUT2D eigenvalue weighted by atomic mass is 10.2. The molecule has 21 heavy (non-hydrogen) atoms. The summed E-state index contributed by atoms with van der Waals surface area (Å²) in [6, 6.07) is 14.2. The van der Waals surface area contributed by atoms with Crippen LogP contribution in [-0.2, 0) is 0 Å². The number of fused-ring (bicyclic) bond motifs is 2. The molecule has 0 saturated heterocycles. The van der Waals surface area contributed by atoms with Crippen LogP contribution in [0.15, 0.2) is 42.5 Å². The number of imidazole rings is 1. The maximum atomic E-state index is 13.3. The number of nitriles is 1. The summed E-state index contributed by atoms with van der Waals surface area (Å²) in [6.45, 7) is 0. The zero-order valence-electron chi connectivity index (χ0n) is 10.7. The minimum atomic E-state index is -0.237. The molecule has 4 aromatic rings. The Morgan fingerprint density at radius 2 is 2.05 bits per heavy atom. The molecule has 2 heterocycles. The van der Waals surface area contributed by atoms with Gasteiger partial charge in [0.05, 0.1) is 27.5 Å². The zero-order chi connectivity index (χ0) is 14.4. The Morgan fingerprint density at radius 1 is 1.14 bits per heavy atom. The highest BCUT2D eigenvalue weighted by Crippen LogP contribution is 2.33. The average Bonchev–Trinajstić information content (AvgIpc) is 3.08. The SMILES string of the molecule is N#Cc1ccc2nc(-c3cc4ccc(F)cc4s3)[nH]c2c1. The molecule has 2 aromatic carbocycles. The number of nitrogens with zero attached hydrogens (tertiary/aromatic N) is 2. The predicted molar refractivity (Wildman–Crippen MR) is 81.6 cm³/mol. The first-order valence-electron chi connectivity index (χ1n) is 6.32. The summed E-state index contributed by atoms with van der Waals surface area (Å²) in [5, 5.41) is 9.92. The number of rotatable bonds is 1. The largest absolute Gasteiger partial charge is 0.337 e. The highest BCUT2D eigenvalue weighted by Gasteiger charge is 2.10. The first-order chi connectivity index (χ1) is 10.2. The van der Waals surface area contributed by atoms with Crippen LogP contribution in [0.2, 0.25) is 0 Å². The van der Waals surface area contributed by atoms with E-state index in [-0.39, 0.29) is 5.82 Å². The number of halogens is 1. The topological polar surface area (TPSA) is 52.5 Å². The van der Waals surface area contributed by atoms with Crippen molar-refractivity contribution in [1.29, 1.82) is 5.26 Å². The smallest absolute Gasteiger partial charge is 0.148 e. The standard InChI is InChI=1S/C16H8FN3S/c17-11-3-2-10-6-15(21-14(10)7-11)16-19-12-4-1-9(8-18)5-13(12)20-16/h1-7H,(H,19,20). The Hall–Kier alpha value is -2.71. The molecule has 0 aliphatic rings. The Labute approximate surface area is 123 Å². The molecule has 0 unspecified atom stereocenters. The van der Waals surface area contributed by atoms with Crippen molar-refractivity contribution >= 4 is 32.5 Å². The van der Waals surface area contributed by atoms with E-state index in [9.17, 15) is 4.39 Å². The molecule has 1 N–H and O–H groups in total. The van der Waals surface area contributed by atoms with Crippen LogP contribution < -0.4 is 0 Å². The first kappa shape index (κ1) is 12.1. The van der Waals surface area contributed by atoms with Crippen LogP contribution in [0.5, 0.6) is 0 Å². The van der Waals surface area contributed by atoms with Gasteiger partial charge in [-0.15, -0.1) is 11.3 Å². The molecule has 0 fully saturated rings. The van der Waals surface area contributed by atoms with Gasteiger partial charge in [0.15, 0.2) is 0 Å². The van der Waals surface area contributed by atoms with Crippen LogP contribution in [-0.4, -0.2) is 9.97 Å². The summed E-state index contributed by atoms with van der Waals surface area (Å²) in [5.74, 6) is 0.501. The molecule has 2 aromatic heterocycles. The van der Waals surface area contributed by atoms with E-state index < -0.39 is 0 Å². The third-order valence-electron chi connectivity index (χ3n) is 3.33. The van der Waals surface area contributed by atoms with Crippen LogP contribution in [0.3, 0.4) is 0 Å². The summed E-state index contributed by atoms with van der Waals surface area (Å²) in [6.07, 6.45) is 0. The van der Waals surface area contributed by atoms with Crippen molar-refractivity contribution in [2.24, 2.45) is 0 Å². The van der Waals surface area contributed by atoms with Gasteiger partial charge in [-0.25, -0.2) is 9.37 Å². The summed E-state index contributed by atoms with van der Waals surface area (Å²) in [7, 11) is 0. The Kier molecular flexibility index (Phi) is 2.53. The van der Waals surface area contributed by atoms with E-state index in [0.29, 0.717) is 5.56 Å². The quantitative estimate of drug-likeness (QED) is 0.563. The average molecular weight is 293 g/mol. The number of H-pyrrole nitrogens is 1. The minimum absolute atomic E-state index is 0.237. The second kappa shape index (κ2) is 4.40. The van der Waals surface area contributed by atoms with Crippen LogP contribution in [0.4, 0.5) is 4.39 Å². The van der Waals surface area contributed by atoms with Gasteiger partial charge in [-0.3, -0.25) is 0 Å². The maximum absolute atomic E-state index is 13.3. The maximum Gasteiger partial charge on any atom is 0.148 e. The number of hydrogen-bond acceptors (Lipinski definition) is 3. The van der Waals surface area contributed by atoms with Crippen molar-refractivity contribution in [2.45, 2.75) is 0 Å². The van der Waals surface area contributed by atoms with Crippen molar-refractivity contribution in [3.05, 3.63) is 53.8 Å². The van der Waals surface area contributed by atoms with Gasteiger partial charge in [-0.1, -0.05) is 6.07 Å². The van der Waals surface area contributed by atoms with E-state index in [1.54, 1.807) is 18.2 Å². The van der Waals surface area contributed by atoms with E-state index in [1.807, 2.05) is 12.1 Å². The highest BCUT2D eigenvalue weighted by atomic mass is 32.1. The Morgan fingerprint density at radius 3 is 2.90 bits per heavy atom. The molecule has 0 aliphatic heterocycles. The summed E-state index contributed by atoms with van der Waals surface area (Å²) in [4.78, 5) is 8.69. The van der Waals surface area contributed by atoms with Crippen LogP contribution in [0, 0.1) is 17.1 Å². The minimum Gasteiger partial charge on any atom is -0.337 e. The molecule has 0 radical (unpaired) electrons. The molecular weight excluding hydrogens is 285 g/mol. The van der Waals surface area contributed by atoms with Gasteiger partial charge in [0, 0.05) is 4.70 Å². The van der Waals surface area contributed by atoms with Gasteiger partial charge < -0.3 is 4.98 Å². The van der Waals surface area contributed by atoms with Gasteiger partial charge in [-0.05, 0) is 41.8 Å². The molecule has 5 heteroatoms. The third kappa shape index (κ3) is 1.97. The number of aromatic nitrogens is 2. The van der Waals surface area contributed by atoms with Gasteiger partial charge in [-0.2, -0.15) is 5.26 Å². The summed E-state index contributed by atoms with van der Waals surface area (Å²) >= 11 is 1.49.